The molecule has 3 atom stereocenters. The largest absolute Gasteiger partial charge is 0.490 e. The summed E-state index contributed by atoms with van der Waals surface area (Å²) in [6.07, 6.45) is 0.116. The third kappa shape index (κ3) is 4.28. The number of carbonyl (C=O) groups is 1. The van der Waals surface area contributed by atoms with Gasteiger partial charge in [0.2, 0.25) is 16.0 Å². The van der Waals surface area contributed by atoms with Crippen molar-refractivity contribution in [1.82, 2.24) is 14.6 Å². The molecule has 1 aromatic carbocycles. The number of nitrogens with zero attached hydrogens (tertiary/aromatic N) is 3. The summed E-state index contributed by atoms with van der Waals surface area (Å²) in [5, 5.41) is 11.4. The molecule has 2 N–H and O–H groups in total. The summed E-state index contributed by atoms with van der Waals surface area (Å²) in [5.74, 6) is -0.593. The first-order valence-electron chi connectivity index (χ1n) is 11.7. The van der Waals surface area contributed by atoms with Gasteiger partial charge >= 0.3 is 6.09 Å². The highest BCUT2D eigenvalue weighted by Gasteiger charge is 2.56. The summed E-state index contributed by atoms with van der Waals surface area (Å²) in [7, 11) is -3.53. The lowest BCUT2D eigenvalue weighted by Crippen LogP contribution is -2.58. The predicted octanol–water partition coefficient (Wildman–Crippen LogP) is 2.81. The van der Waals surface area contributed by atoms with Crippen molar-refractivity contribution in [3.05, 3.63) is 48.0 Å². The van der Waals surface area contributed by atoms with Crippen LogP contribution in [0.5, 0.6) is 5.75 Å². The maximum atomic E-state index is 14.5. The molecule has 0 aliphatic carbocycles. The molecule has 1 amide bonds. The number of benzene rings is 1. The van der Waals surface area contributed by atoms with E-state index in [1.54, 1.807) is 30.3 Å². The van der Waals surface area contributed by atoms with Crippen LogP contribution in [0.4, 0.5) is 9.18 Å². The average molecular weight is 519 g/mol. The van der Waals surface area contributed by atoms with Gasteiger partial charge in [-0.3, -0.25) is 0 Å². The Bertz CT molecular complexity index is 1330. The van der Waals surface area contributed by atoms with Crippen molar-refractivity contribution < 1.29 is 32.2 Å². The molecule has 12 heteroatoms. The summed E-state index contributed by atoms with van der Waals surface area (Å²) in [6, 6.07) is 8.26. The Hall–Kier alpha value is -3.25. The van der Waals surface area contributed by atoms with Crippen LogP contribution in [0.15, 0.2) is 41.5 Å². The molecule has 3 aliphatic rings. The molecule has 2 aromatic rings. The Balaban J connectivity index is 1.61. The van der Waals surface area contributed by atoms with Crippen LogP contribution in [0.3, 0.4) is 0 Å². The summed E-state index contributed by atoms with van der Waals surface area (Å²) < 4.78 is 54.1. The Morgan fingerprint density at radius 1 is 1.36 bits per heavy atom. The zero-order valence-electron chi connectivity index (χ0n) is 19.8. The maximum Gasteiger partial charge on any atom is 0.412 e. The molecule has 1 saturated heterocycles. The van der Waals surface area contributed by atoms with Crippen LogP contribution in [0, 0.1) is 17.8 Å². The number of nitrogens with one attached hydrogen (secondary N) is 1. The molecule has 3 aliphatic heterocycles. The van der Waals surface area contributed by atoms with Gasteiger partial charge in [0.15, 0.2) is 0 Å². The fourth-order valence-corrected chi connectivity index (χ4v) is 7.11. The molecular weight excluding hydrogens is 491 g/mol. The van der Waals surface area contributed by atoms with Crippen molar-refractivity contribution in [3.8, 4) is 16.9 Å². The van der Waals surface area contributed by atoms with Crippen molar-refractivity contribution in [2.45, 2.75) is 31.9 Å². The van der Waals surface area contributed by atoms with Gasteiger partial charge in [-0.05, 0) is 42.2 Å². The van der Waals surface area contributed by atoms with E-state index in [9.17, 15) is 22.7 Å². The first-order valence-corrected chi connectivity index (χ1v) is 13.3. The predicted molar refractivity (Wildman–Crippen MR) is 129 cm³/mol. The van der Waals surface area contributed by atoms with Gasteiger partial charge in [-0.2, -0.15) is 4.39 Å². The van der Waals surface area contributed by atoms with Crippen LogP contribution in [0.25, 0.3) is 11.1 Å². The summed E-state index contributed by atoms with van der Waals surface area (Å²) in [5.41, 5.74) is 0.274. The number of amidine groups is 1. The first kappa shape index (κ1) is 24.4. The van der Waals surface area contributed by atoms with E-state index in [0.717, 1.165) is 0 Å². The molecule has 5 rings (SSSR count). The topological polar surface area (TPSA) is 130 Å². The number of ether oxygens (including phenoxy) is 2. The number of piperidine rings is 1. The van der Waals surface area contributed by atoms with Crippen LogP contribution in [0.1, 0.15) is 25.8 Å². The van der Waals surface area contributed by atoms with E-state index in [-0.39, 0.29) is 42.5 Å². The van der Waals surface area contributed by atoms with Gasteiger partial charge in [0.25, 0.3) is 6.02 Å². The zero-order chi connectivity index (χ0) is 25.7. The second-order valence-electron chi connectivity index (χ2n) is 9.69. The fraction of sp³-hybridized carbons (Fsp3) is 0.458. The number of aromatic nitrogens is 1. The molecule has 2 unspecified atom stereocenters. The number of hydrogen-bond acceptors (Lipinski definition) is 7. The standard InChI is InChI=1S/C24H27FN4O6S/c1-14(2)12-36(32,33)29-9-7-20-18(11-29)24(13-34-22(28-24)27-23(30)31)17-10-15(5-6-19(17)35-20)16-4-3-8-26-21(16)25/h3-6,8,10,14,18,20H,7,9,11-13H2,1-2H3,(H,27,28)(H,30,31)/t18?,20-,24?/m0/s1. The second kappa shape index (κ2) is 9.00. The smallest absolute Gasteiger partial charge is 0.412 e. The lowest BCUT2D eigenvalue weighted by atomic mass is 9.71. The molecule has 1 aromatic heterocycles. The number of hydrogen-bond donors (Lipinski definition) is 2. The van der Waals surface area contributed by atoms with E-state index in [1.807, 2.05) is 13.8 Å². The maximum absolute atomic E-state index is 14.5. The summed E-state index contributed by atoms with van der Waals surface area (Å²) >= 11 is 0. The third-order valence-electron chi connectivity index (χ3n) is 6.80. The summed E-state index contributed by atoms with van der Waals surface area (Å²) in [6.45, 7) is 4.13. The van der Waals surface area contributed by atoms with Crippen molar-refractivity contribution in [2.24, 2.45) is 16.8 Å². The van der Waals surface area contributed by atoms with Crippen molar-refractivity contribution in [3.63, 3.8) is 0 Å². The van der Waals surface area contributed by atoms with E-state index >= 15 is 0 Å². The SMILES string of the molecule is CC(C)CS(=O)(=O)N1CC[C@@H]2Oc3ccc(-c4cccnc4F)cc3C3(COC(NC(=O)O)=N3)C2C1. The molecule has 36 heavy (non-hydrogen) atoms. The molecular formula is C24H27FN4O6S. The van der Waals surface area contributed by atoms with Crippen LogP contribution < -0.4 is 10.1 Å². The monoisotopic (exact) mass is 518 g/mol. The molecule has 1 fully saturated rings. The number of fused-ring (bicyclic) bond motifs is 4. The second-order valence-corrected chi connectivity index (χ2v) is 11.7. The number of amides is 1. The number of halogens is 1. The molecule has 192 valence electrons. The minimum absolute atomic E-state index is 0.0167. The van der Waals surface area contributed by atoms with Gasteiger partial charge in [0.1, 0.15) is 24.0 Å². The van der Waals surface area contributed by atoms with Crippen LogP contribution in [-0.2, 0) is 20.3 Å². The highest BCUT2D eigenvalue weighted by Crippen LogP contribution is 2.51. The van der Waals surface area contributed by atoms with E-state index in [0.29, 0.717) is 29.8 Å². The van der Waals surface area contributed by atoms with Gasteiger partial charge in [0.05, 0.1) is 5.75 Å². The molecule has 0 saturated carbocycles. The number of rotatable bonds is 4. The molecule has 1 spiro atoms. The normalized spacial score (nSPS) is 25.5. The number of sulfonamides is 1. The van der Waals surface area contributed by atoms with Gasteiger partial charge in [0, 0.05) is 36.3 Å². The minimum Gasteiger partial charge on any atom is -0.490 e. The minimum atomic E-state index is -3.53. The van der Waals surface area contributed by atoms with Crippen molar-refractivity contribution in [1.29, 1.82) is 0 Å². The van der Waals surface area contributed by atoms with E-state index in [2.05, 4.69) is 15.3 Å². The lowest BCUT2D eigenvalue weighted by Gasteiger charge is -2.48. The van der Waals surface area contributed by atoms with Crippen LogP contribution >= 0.6 is 0 Å². The van der Waals surface area contributed by atoms with E-state index in [4.69, 9.17) is 9.47 Å². The Labute approximate surface area is 208 Å². The first-order chi connectivity index (χ1) is 17.1. The Morgan fingerprint density at radius 3 is 2.89 bits per heavy atom. The van der Waals surface area contributed by atoms with Gasteiger partial charge in [-0.25, -0.2) is 32.8 Å². The average Bonchev–Trinajstić information content (AvgIpc) is 3.22. The van der Waals surface area contributed by atoms with Crippen LogP contribution in [-0.4, -0.2) is 66.5 Å². The summed E-state index contributed by atoms with van der Waals surface area (Å²) in [4.78, 5) is 19.7. The highest BCUT2D eigenvalue weighted by atomic mass is 32.2. The van der Waals surface area contributed by atoms with Crippen molar-refractivity contribution in [2.75, 3.05) is 25.4 Å². The van der Waals surface area contributed by atoms with Crippen LogP contribution in [0.2, 0.25) is 0 Å². The molecule has 0 radical (unpaired) electrons. The molecule has 0 bridgehead atoms. The quantitative estimate of drug-likeness (QED) is 0.595. The van der Waals surface area contributed by atoms with E-state index < -0.39 is 33.5 Å². The third-order valence-corrected chi connectivity index (χ3v) is 9.01. The Kier molecular flexibility index (Phi) is 6.11. The Morgan fingerprint density at radius 2 is 2.17 bits per heavy atom. The molecule has 10 nitrogen and oxygen atoms in total. The fourth-order valence-electron chi connectivity index (χ4n) is 5.29. The van der Waals surface area contributed by atoms with Gasteiger partial charge in [-0.15, -0.1) is 0 Å². The number of pyridine rings is 1. The lowest BCUT2D eigenvalue weighted by molar-refractivity contribution is -0.00358. The molecule has 4 heterocycles. The highest BCUT2D eigenvalue weighted by molar-refractivity contribution is 7.89. The van der Waals surface area contributed by atoms with Crippen molar-refractivity contribution >= 4 is 22.1 Å². The van der Waals surface area contributed by atoms with Gasteiger partial charge < -0.3 is 14.6 Å². The zero-order valence-corrected chi connectivity index (χ0v) is 20.7. The number of aliphatic imine (C=N–C) groups is 1. The number of carboxylic acid groups (broad SMARTS) is 1. The van der Waals surface area contributed by atoms with Gasteiger partial charge in [-0.1, -0.05) is 19.9 Å². The van der Waals surface area contributed by atoms with E-state index in [1.165, 1.54) is 10.5 Å².